The number of nitrogens with one attached hydrogen (secondary N) is 3. The number of carboxylic acid groups (broad SMARTS) is 2. The van der Waals surface area contributed by atoms with E-state index in [0.29, 0.717) is 0 Å². The van der Waals surface area contributed by atoms with Crippen LogP contribution in [-0.2, 0) is 24.0 Å². The Morgan fingerprint density at radius 3 is 1.83 bits per heavy atom. The van der Waals surface area contributed by atoms with Gasteiger partial charge in [0.05, 0.1) is 12.1 Å². The number of carbonyl (C=O) groups excluding carboxylic acids is 3. The third-order valence-electron chi connectivity index (χ3n) is 4.10. The summed E-state index contributed by atoms with van der Waals surface area (Å²) in [6, 6.07) is -4.97. The van der Waals surface area contributed by atoms with E-state index in [9.17, 15) is 29.1 Å². The third-order valence-corrected chi connectivity index (χ3v) is 4.10. The molecule has 0 saturated heterocycles. The molecule has 0 bridgehead atoms. The van der Waals surface area contributed by atoms with Gasteiger partial charge in [-0.1, -0.05) is 13.8 Å². The normalized spacial score (nSPS) is 16.1. The monoisotopic (exact) mass is 418 g/mol. The van der Waals surface area contributed by atoms with Crippen LogP contribution >= 0.6 is 0 Å². The molecule has 0 rings (SSSR count). The molecule has 0 spiro atoms. The van der Waals surface area contributed by atoms with Crippen LogP contribution in [0.1, 0.15) is 40.5 Å². The number of carbonyl (C=O) groups is 5. The minimum Gasteiger partial charge on any atom is -0.481 e. The van der Waals surface area contributed by atoms with E-state index >= 15 is 0 Å². The highest BCUT2D eigenvalue weighted by Crippen LogP contribution is 2.03. The summed E-state index contributed by atoms with van der Waals surface area (Å²) >= 11 is 0. The Labute approximate surface area is 168 Å². The molecule has 5 unspecified atom stereocenters. The largest absolute Gasteiger partial charge is 0.481 e. The van der Waals surface area contributed by atoms with Gasteiger partial charge in [0.2, 0.25) is 17.7 Å². The Kier molecular flexibility index (Phi) is 10.8. The molecule has 0 heterocycles. The fourth-order valence-corrected chi connectivity index (χ4v) is 2.15. The van der Waals surface area contributed by atoms with E-state index in [1.807, 2.05) is 0 Å². The summed E-state index contributed by atoms with van der Waals surface area (Å²) < 4.78 is 0. The van der Waals surface area contributed by atoms with Gasteiger partial charge in [-0.15, -0.1) is 0 Å². The number of carboxylic acids is 2. The molecule has 3 amide bonds. The molecule has 0 aliphatic rings. The first kappa shape index (κ1) is 26.3. The van der Waals surface area contributed by atoms with E-state index in [2.05, 4.69) is 16.0 Å². The van der Waals surface area contributed by atoms with Crippen LogP contribution in [-0.4, -0.2) is 75.3 Å². The average molecular weight is 418 g/mol. The molecule has 0 aromatic rings. The molecule has 166 valence electrons. The van der Waals surface area contributed by atoms with Gasteiger partial charge in [-0.25, -0.2) is 4.79 Å². The van der Waals surface area contributed by atoms with Gasteiger partial charge in [0.25, 0.3) is 0 Å². The molecule has 0 aromatic heterocycles. The maximum atomic E-state index is 12.4. The molecule has 5 atom stereocenters. The number of rotatable bonds is 12. The van der Waals surface area contributed by atoms with Crippen molar-refractivity contribution in [3.63, 3.8) is 0 Å². The molecule has 12 nitrogen and oxygen atoms in total. The van der Waals surface area contributed by atoms with Crippen molar-refractivity contribution in [2.24, 2.45) is 11.7 Å². The molecule has 0 saturated carbocycles. The average Bonchev–Trinajstić information content (AvgIpc) is 2.60. The van der Waals surface area contributed by atoms with Gasteiger partial charge in [0, 0.05) is 6.42 Å². The smallest absolute Gasteiger partial charge is 0.328 e. The molecule has 0 radical (unpaired) electrons. The molecule has 8 N–H and O–H groups in total. The van der Waals surface area contributed by atoms with Gasteiger partial charge in [-0.2, -0.15) is 0 Å². The van der Waals surface area contributed by atoms with E-state index in [0.717, 1.165) is 6.92 Å². The summed E-state index contributed by atoms with van der Waals surface area (Å²) in [4.78, 5) is 58.6. The first-order valence-corrected chi connectivity index (χ1v) is 9.07. The summed E-state index contributed by atoms with van der Waals surface area (Å²) in [5, 5.41) is 34.1. The Balaban J connectivity index is 5.19. The highest BCUT2D eigenvalue weighted by molar-refractivity contribution is 5.94. The van der Waals surface area contributed by atoms with Gasteiger partial charge in [-0.3, -0.25) is 19.2 Å². The second kappa shape index (κ2) is 12.0. The highest BCUT2D eigenvalue weighted by atomic mass is 16.4. The quantitative estimate of drug-likeness (QED) is 0.183. The van der Waals surface area contributed by atoms with Crippen molar-refractivity contribution in [2.75, 3.05) is 0 Å². The van der Waals surface area contributed by atoms with Crippen molar-refractivity contribution in [1.82, 2.24) is 16.0 Å². The van der Waals surface area contributed by atoms with Crippen LogP contribution in [0.2, 0.25) is 0 Å². The van der Waals surface area contributed by atoms with Gasteiger partial charge >= 0.3 is 11.9 Å². The number of aliphatic hydroxyl groups excluding tert-OH is 1. The van der Waals surface area contributed by atoms with Crippen LogP contribution in [0.15, 0.2) is 0 Å². The van der Waals surface area contributed by atoms with Crippen molar-refractivity contribution in [2.45, 2.75) is 70.8 Å². The summed E-state index contributed by atoms with van der Waals surface area (Å²) in [5.74, 6) is -5.25. The standard InChI is InChI=1S/C17H30N4O8/c1-7(2)12(18)16(27)19-8(3)14(25)20-10(5-6-11(23)24)15(26)21-13(9(4)22)17(28)29/h7-10,12-13,22H,5-6,18H2,1-4H3,(H,19,27)(H,20,25)(H,21,26)(H,23,24)(H,28,29). The topological polar surface area (TPSA) is 208 Å². The molecular formula is C17H30N4O8. The summed E-state index contributed by atoms with van der Waals surface area (Å²) in [7, 11) is 0. The van der Waals surface area contributed by atoms with Crippen LogP contribution < -0.4 is 21.7 Å². The highest BCUT2D eigenvalue weighted by Gasteiger charge is 2.31. The lowest BCUT2D eigenvalue weighted by molar-refractivity contribution is -0.145. The lowest BCUT2D eigenvalue weighted by Gasteiger charge is -2.24. The van der Waals surface area contributed by atoms with Gasteiger partial charge in [-0.05, 0) is 26.2 Å². The number of aliphatic hydroxyl groups is 1. The van der Waals surface area contributed by atoms with E-state index in [-0.39, 0.29) is 12.3 Å². The minimum atomic E-state index is -1.65. The second-order valence-corrected chi connectivity index (χ2v) is 7.06. The van der Waals surface area contributed by atoms with Gasteiger partial charge < -0.3 is 37.0 Å². The lowest BCUT2D eigenvalue weighted by atomic mass is 10.0. The maximum absolute atomic E-state index is 12.4. The SMILES string of the molecule is CC(NC(=O)C(N)C(C)C)C(=O)NC(CCC(=O)O)C(=O)NC(C(=O)O)C(C)O. The molecule has 12 heteroatoms. The Morgan fingerprint density at radius 2 is 1.41 bits per heavy atom. The Hall–Kier alpha value is -2.73. The predicted molar refractivity (Wildman–Crippen MR) is 100 cm³/mol. The number of nitrogens with two attached hydrogens (primary N) is 1. The van der Waals surface area contributed by atoms with E-state index in [1.165, 1.54) is 6.92 Å². The maximum Gasteiger partial charge on any atom is 0.328 e. The van der Waals surface area contributed by atoms with Crippen LogP contribution in [0.4, 0.5) is 0 Å². The summed E-state index contributed by atoms with van der Waals surface area (Å²) in [5.41, 5.74) is 5.70. The number of hydrogen-bond acceptors (Lipinski definition) is 7. The van der Waals surface area contributed by atoms with Gasteiger partial charge in [0.15, 0.2) is 6.04 Å². The predicted octanol–water partition coefficient (Wildman–Crippen LogP) is -2.23. The summed E-state index contributed by atoms with van der Waals surface area (Å²) in [6.07, 6.45) is -2.24. The summed E-state index contributed by atoms with van der Waals surface area (Å²) in [6.45, 7) is 5.95. The fourth-order valence-electron chi connectivity index (χ4n) is 2.15. The van der Waals surface area contributed by atoms with Crippen molar-refractivity contribution >= 4 is 29.7 Å². The molecule has 29 heavy (non-hydrogen) atoms. The minimum absolute atomic E-state index is 0.173. The van der Waals surface area contributed by atoms with Crippen LogP contribution in [0.25, 0.3) is 0 Å². The fraction of sp³-hybridized carbons (Fsp3) is 0.706. The molecular weight excluding hydrogens is 388 g/mol. The Morgan fingerprint density at radius 1 is 0.862 bits per heavy atom. The van der Waals surface area contributed by atoms with Crippen LogP contribution in [0, 0.1) is 5.92 Å². The molecule has 0 aliphatic heterocycles. The van der Waals surface area contributed by atoms with E-state index < -0.39 is 66.4 Å². The van der Waals surface area contributed by atoms with Crippen molar-refractivity contribution < 1.29 is 39.3 Å². The van der Waals surface area contributed by atoms with Crippen molar-refractivity contribution in [1.29, 1.82) is 0 Å². The van der Waals surface area contributed by atoms with Crippen molar-refractivity contribution in [3.8, 4) is 0 Å². The van der Waals surface area contributed by atoms with Gasteiger partial charge in [0.1, 0.15) is 12.1 Å². The van der Waals surface area contributed by atoms with Crippen molar-refractivity contribution in [3.05, 3.63) is 0 Å². The molecule has 0 aromatic carbocycles. The zero-order chi connectivity index (χ0) is 22.9. The van der Waals surface area contributed by atoms with E-state index in [1.54, 1.807) is 13.8 Å². The molecule has 0 fully saturated rings. The lowest BCUT2D eigenvalue weighted by Crippen LogP contribution is -2.58. The number of amides is 3. The first-order chi connectivity index (χ1) is 13.3. The number of hydrogen-bond donors (Lipinski definition) is 7. The zero-order valence-electron chi connectivity index (χ0n) is 16.8. The Bertz CT molecular complexity index is 623. The number of aliphatic carboxylic acids is 2. The van der Waals surface area contributed by atoms with Crippen LogP contribution in [0.5, 0.6) is 0 Å². The third kappa shape index (κ3) is 9.34. The van der Waals surface area contributed by atoms with E-state index in [4.69, 9.17) is 15.9 Å². The first-order valence-electron chi connectivity index (χ1n) is 9.07. The molecule has 0 aliphatic carbocycles. The zero-order valence-corrected chi connectivity index (χ0v) is 16.8. The van der Waals surface area contributed by atoms with Crippen LogP contribution in [0.3, 0.4) is 0 Å². The second-order valence-electron chi connectivity index (χ2n) is 7.06.